The molecule has 8 aromatic carbocycles. The van der Waals surface area contributed by atoms with Crippen molar-refractivity contribution in [2.24, 2.45) is 7.05 Å². The SMILES string of the molecule is Cn1c2c(c3cc(-c4ccccc4)ccc31)N(c1ccc(C(C)(C)C)cc1)c1cccc3c1B2c1ccc(N(c2ccc(C(C)(C)C)cc2)c2ccc(C(C)(C)C)cc2)cc1N3c1ccc(C(C)(C)C)cc1. The van der Waals surface area contributed by atoms with Gasteiger partial charge in [-0.3, -0.25) is 0 Å². The molecule has 11 rings (SSSR count). The summed E-state index contributed by atoms with van der Waals surface area (Å²) in [6.45, 7) is 27.5. The van der Waals surface area contributed by atoms with Crippen LogP contribution in [-0.2, 0) is 28.7 Å². The van der Waals surface area contributed by atoms with Gasteiger partial charge in [-0.05, 0) is 151 Å². The lowest BCUT2D eigenvalue weighted by molar-refractivity contribution is 0.590. The van der Waals surface area contributed by atoms with Crippen LogP contribution in [0.25, 0.3) is 22.0 Å². The van der Waals surface area contributed by atoms with E-state index in [4.69, 9.17) is 0 Å². The molecule has 0 bridgehead atoms. The predicted octanol–water partition coefficient (Wildman–Crippen LogP) is 16.6. The largest absolute Gasteiger partial charge is 0.353 e. The monoisotopic (exact) mass is 941 g/mol. The highest BCUT2D eigenvalue weighted by atomic mass is 15.2. The van der Waals surface area contributed by atoms with Gasteiger partial charge in [-0.15, -0.1) is 0 Å². The van der Waals surface area contributed by atoms with E-state index in [0.29, 0.717) is 0 Å². The molecule has 0 aliphatic carbocycles. The lowest BCUT2D eigenvalue weighted by Gasteiger charge is -2.44. The number of fused-ring (bicyclic) bond motifs is 6. The van der Waals surface area contributed by atoms with E-state index in [1.165, 1.54) is 83.6 Å². The summed E-state index contributed by atoms with van der Waals surface area (Å²) in [6.07, 6.45) is 0. The molecule has 0 spiro atoms. The minimum Gasteiger partial charge on any atom is -0.353 e. The van der Waals surface area contributed by atoms with Crippen molar-refractivity contribution in [3.8, 4) is 11.1 Å². The maximum Gasteiger partial charge on any atom is 0.272 e. The topological polar surface area (TPSA) is 14.7 Å². The first-order valence-corrected chi connectivity index (χ1v) is 25.9. The van der Waals surface area contributed by atoms with Crippen LogP contribution in [0.3, 0.4) is 0 Å². The number of anilines is 9. The molecule has 2 aliphatic heterocycles. The lowest BCUT2D eigenvalue weighted by atomic mass is 9.35. The second-order valence-corrected chi connectivity index (χ2v) is 24.5. The number of benzene rings is 8. The van der Waals surface area contributed by atoms with E-state index in [1.807, 2.05) is 0 Å². The molecule has 360 valence electrons. The molecule has 72 heavy (non-hydrogen) atoms. The summed E-state index contributed by atoms with van der Waals surface area (Å²) in [5.74, 6) is 0. The fourth-order valence-electron chi connectivity index (χ4n) is 11.3. The summed E-state index contributed by atoms with van der Waals surface area (Å²) in [7, 11) is 2.29. The molecule has 0 saturated carbocycles. The van der Waals surface area contributed by atoms with Gasteiger partial charge in [0.05, 0.1) is 5.69 Å². The van der Waals surface area contributed by atoms with Crippen molar-refractivity contribution in [3.05, 3.63) is 204 Å². The number of aryl methyl sites for hydroxylation is 1. The minimum atomic E-state index is -0.0615. The molecular formula is C67H69BN4. The van der Waals surface area contributed by atoms with Crippen LogP contribution in [0.2, 0.25) is 0 Å². The Hall–Kier alpha value is -7.24. The van der Waals surface area contributed by atoms with Crippen molar-refractivity contribution in [3.63, 3.8) is 0 Å². The third-order valence-corrected chi connectivity index (χ3v) is 15.4. The Morgan fingerprint density at radius 1 is 0.389 bits per heavy atom. The number of rotatable bonds is 6. The smallest absolute Gasteiger partial charge is 0.272 e. The highest BCUT2D eigenvalue weighted by molar-refractivity contribution is 7.00. The first-order chi connectivity index (χ1) is 34.2. The molecule has 0 fully saturated rings. The molecule has 0 saturated heterocycles. The molecule has 2 aliphatic rings. The van der Waals surface area contributed by atoms with E-state index in [-0.39, 0.29) is 28.4 Å². The fraction of sp³-hybridized carbons (Fsp3) is 0.254. The molecule has 4 nitrogen and oxygen atoms in total. The first-order valence-electron chi connectivity index (χ1n) is 25.9. The standard InChI is InChI=1S/C67H69BN4/c1-64(2,3)46-23-31-50(32-24-46)70(51-33-25-47(26-34-51)65(4,5)6)54-39-40-56-60(43-54)71(52-35-27-48(28-36-52)66(7,8)9)58-20-17-21-59-61(58)68(56)63-62(72(59)53-37-29-49(30-38-53)67(10,11)12)55-42-45(22-41-57(55)69(63)13)44-18-15-14-16-19-44/h14-43H,1-13H3. The van der Waals surface area contributed by atoms with Crippen molar-refractivity contribution >= 4 is 85.3 Å². The molecule has 9 aromatic rings. The van der Waals surface area contributed by atoms with Gasteiger partial charge in [0, 0.05) is 69.0 Å². The second-order valence-electron chi connectivity index (χ2n) is 24.5. The Kier molecular flexibility index (Phi) is 11.1. The van der Waals surface area contributed by atoms with Crippen LogP contribution in [0.5, 0.6) is 0 Å². The Balaban J connectivity index is 1.19. The summed E-state index contributed by atoms with van der Waals surface area (Å²) in [5, 5.41) is 1.24. The van der Waals surface area contributed by atoms with E-state index in [0.717, 1.165) is 28.4 Å². The fourth-order valence-corrected chi connectivity index (χ4v) is 11.3. The van der Waals surface area contributed by atoms with Crippen molar-refractivity contribution < 1.29 is 0 Å². The zero-order valence-corrected chi connectivity index (χ0v) is 44.7. The number of hydrogen-bond acceptors (Lipinski definition) is 3. The normalized spacial score (nSPS) is 13.5. The predicted molar refractivity (Wildman–Crippen MR) is 312 cm³/mol. The van der Waals surface area contributed by atoms with Crippen LogP contribution in [0.4, 0.5) is 51.2 Å². The van der Waals surface area contributed by atoms with Crippen molar-refractivity contribution in [1.82, 2.24) is 4.57 Å². The highest BCUT2D eigenvalue weighted by Gasteiger charge is 2.46. The van der Waals surface area contributed by atoms with Crippen molar-refractivity contribution in [2.75, 3.05) is 14.7 Å². The third-order valence-electron chi connectivity index (χ3n) is 15.4. The van der Waals surface area contributed by atoms with Gasteiger partial charge in [0.1, 0.15) is 0 Å². The average Bonchev–Trinajstić information content (AvgIpc) is 3.64. The van der Waals surface area contributed by atoms with Crippen molar-refractivity contribution in [2.45, 2.75) is 105 Å². The Morgan fingerprint density at radius 3 is 1.35 bits per heavy atom. The van der Waals surface area contributed by atoms with Crippen LogP contribution >= 0.6 is 0 Å². The highest BCUT2D eigenvalue weighted by Crippen LogP contribution is 2.49. The summed E-state index contributed by atoms with van der Waals surface area (Å²) in [4.78, 5) is 7.56. The van der Waals surface area contributed by atoms with Gasteiger partial charge in [0.15, 0.2) is 0 Å². The van der Waals surface area contributed by atoms with Gasteiger partial charge in [-0.2, -0.15) is 0 Å². The Bertz CT molecular complexity index is 3430. The Morgan fingerprint density at radius 2 is 0.847 bits per heavy atom. The molecule has 0 atom stereocenters. The molecule has 1 aromatic heterocycles. The van der Waals surface area contributed by atoms with Gasteiger partial charge in [-0.25, -0.2) is 0 Å². The van der Waals surface area contributed by atoms with Crippen LogP contribution in [0, 0.1) is 0 Å². The van der Waals surface area contributed by atoms with Gasteiger partial charge in [0.25, 0.3) is 6.71 Å². The minimum absolute atomic E-state index is 0.0163. The van der Waals surface area contributed by atoms with Crippen LogP contribution in [0.1, 0.15) is 105 Å². The van der Waals surface area contributed by atoms with E-state index in [9.17, 15) is 0 Å². The zero-order chi connectivity index (χ0) is 50.6. The number of aromatic nitrogens is 1. The molecular weight excluding hydrogens is 872 g/mol. The molecule has 0 unspecified atom stereocenters. The van der Waals surface area contributed by atoms with Crippen LogP contribution in [-0.4, -0.2) is 11.3 Å². The average molecular weight is 941 g/mol. The van der Waals surface area contributed by atoms with Crippen LogP contribution < -0.4 is 31.2 Å². The molecule has 0 amide bonds. The van der Waals surface area contributed by atoms with Gasteiger partial charge < -0.3 is 19.3 Å². The third kappa shape index (κ3) is 8.02. The maximum absolute atomic E-state index is 2.57. The summed E-state index contributed by atoms with van der Waals surface area (Å²) in [6, 6.07) is 69.3. The van der Waals surface area contributed by atoms with Gasteiger partial charge >= 0.3 is 0 Å². The van der Waals surface area contributed by atoms with Crippen molar-refractivity contribution in [1.29, 1.82) is 0 Å². The van der Waals surface area contributed by atoms with E-state index in [2.05, 4.69) is 291 Å². The second kappa shape index (κ2) is 16.9. The molecule has 3 heterocycles. The molecule has 0 radical (unpaired) electrons. The molecule has 0 N–H and O–H groups in total. The molecule has 5 heteroatoms. The maximum atomic E-state index is 2.57. The zero-order valence-electron chi connectivity index (χ0n) is 44.7. The van der Waals surface area contributed by atoms with E-state index in [1.54, 1.807) is 0 Å². The van der Waals surface area contributed by atoms with Gasteiger partial charge in [-0.1, -0.05) is 180 Å². The summed E-state index contributed by atoms with van der Waals surface area (Å²) >= 11 is 0. The summed E-state index contributed by atoms with van der Waals surface area (Å²) < 4.78 is 2.49. The lowest BCUT2D eigenvalue weighted by Crippen LogP contribution is -2.62. The first kappa shape index (κ1) is 47.1. The van der Waals surface area contributed by atoms with Gasteiger partial charge in [0.2, 0.25) is 0 Å². The Labute approximate surface area is 429 Å². The quantitative estimate of drug-likeness (QED) is 0.154. The summed E-state index contributed by atoms with van der Waals surface area (Å²) in [5.41, 5.74) is 23.4. The number of nitrogens with zero attached hydrogens (tertiary/aromatic N) is 4. The van der Waals surface area contributed by atoms with E-state index < -0.39 is 0 Å². The van der Waals surface area contributed by atoms with Crippen LogP contribution in [0.15, 0.2) is 182 Å². The van der Waals surface area contributed by atoms with E-state index >= 15 is 0 Å². The number of hydrogen-bond donors (Lipinski definition) is 0.